The summed E-state index contributed by atoms with van der Waals surface area (Å²) in [5.41, 5.74) is 0.993. The van der Waals surface area contributed by atoms with Crippen molar-refractivity contribution >= 4 is 11.6 Å². The molecule has 0 aromatic heterocycles. The van der Waals surface area contributed by atoms with Crippen molar-refractivity contribution in [3.8, 4) is 5.75 Å². The molecule has 0 heterocycles. The minimum absolute atomic E-state index is 0.0557. The summed E-state index contributed by atoms with van der Waals surface area (Å²) in [6.07, 6.45) is 2.47. The second-order valence-corrected chi connectivity index (χ2v) is 4.33. The van der Waals surface area contributed by atoms with Crippen LogP contribution in [0.2, 0.25) is 5.02 Å². The first-order valence-electron chi connectivity index (χ1n) is 5.51. The summed E-state index contributed by atoms with van der Waals surface area (Å²) in [5.74, 6) is 0.606. The van der Waals surface area contributed by atoms with Gasteiger partial charge in [-0.25, -0.2) is 4.39 Å². The molecule has 1 fully saturated rings. The lowest BCUT2D eigenvalue weighted by atomic mass is 10.2. The lowest BCUT2D eigenvalue weighted by Gasteiger charge is -2.12. The van der Waals surface area contributed by atoms with E-state index in [-0.39, 0.29) is 6.61 Å². The first-order valence-corrected chi connectivity index (χ1v) is 5.88. The minimum atomic E-state index is -0.499. The second-order valence-electron chi connectivity index (χ2n) is 3.92. The van der Waals surface area contributed by atoms with Crippen LogP contribution in [0.3, 0.4) is 0 Å². The molecular formula is C12H15ClFNO. The summed E-state index contributed by atoms with van der Waals surface area (Å²) < 4.78 is 17.4. The van der Waals surface area contributed by atoms with Gasteiger partial charge in [-0.3, -0.25) is 0 Å². The van der Waals surface area contributed by atoms with E-state index in [2.05, 4.69) is 5.32 Å². The Morgan fingerprint density at radius 3 is 2.94 bits per heavy atom. The maximum absolute atomic E-state index is 12.1. The van der Waals surface area contributed by atoms with Crippen molar-refractivity contribution in [2.24, 2.45) is 0 Å². The Labute approximate surface area is 99.7 Å². The van der Waals surface area contributed by atoms with Crippen LogP contribution in [-0.2, 0) is 6.54 Å². The quantitative estimate of drug-likeness (QED) is 0.830. The summed E-state index contributed by atoms with van der Waals surface area (Å²) in [4.78, 5) is 0. The standard InChI is InChI=1S/C12H15ClFNO/c13-11-3-1-2-9(8-15-10-4-5-10)12(11)16-7-6-14/h1-3,10,15H,4-8H2. The van der Waals surface area contributed by atoms with Gasteiger partial charge in [0.1, 0.15) is 19.0 Å². The van der Waals surface area contributed by atoms with Crippen LogP contribution in [0.15, 0.2) is 18.2 Å². The van der Waals surface area contributed by atoms with Gasteiger partial charge in [0.15, 0.2) is 0 Å². The third-order valence-corrected chi connectivity index (χ3v) is 2.83. The SMILES string of the molecule is FCCOc1c(Cl)cccc1CNC1CC1. The van der Waals surface area contributed by atoms with Crippen LogP contribution in [-0.4, -0.2) is 19.3 Å². The summed E-state index contributed by atoms with van der Waals surface area (Å²) >= 11 is 6.02. The molecule has 0 radical (unpaired) electrons. The third-order valence-electron chi connectivity index (χ3n) is 2.53. The number of hydrogen-bond acceptors (Lipinski definition) is 2. The predicted molar refractivity (Wildman–Crippen MR) is 62.8 cm³/mol. The first kappa shape index (κ1) is 11.7. The van der Waals surface area contributed by atoms with Crippen molar-refractivity contribution in [1.29, 1.82) is 0 Å². The van der Waals surface area contributed by atoms with E-state index < -0.39 is 6.67 Å². The molecule has 1 aromatic rings. The highest BCUT2D eigenvalue weighted by Gasteiger charge is 2.20. The second kappa shape index (κ2) is 5.51. The molecule has 88 valence electrons. The van der Waals surface area contributed by atoms with Crippen molar-refractivity contribution in [2.75, 3.05) is 13.3 Å². The van der Waals surface area contributed by atoms with Gasteiger partial charge in [0.25, 0.3) is 0 Å². The van der Waals surface area contributed by atoms with Gasteiger partial charge in [0.05, 0.1) is 5.02 Å². The van der Waals surface area contributed by atoms with Crippen LogP contribution in [0.4, 0.5) is 4.39 Å². The number of halogens is 2. The van der Waals surface area contributed by atoms with Crippen LogP contribution >= 0.6 is 11.6 Å². The highest BCUT2D eigenvalue weighted by molar-refractivity contribution is 6.32. The molecule has 1 N–H and O–H groups in total. The number of rotatable bonds is 6. The van der Waals surface area contributed by atoms with E-state index in [1.54, 1.807) is 6.07 Å². The third kappa shape index (κ3) is 3.09. The molecule has 1 aliphatic rings. The zero-order valence-electron chi connectivity index (χ0n) is 9.01. The maximum atomic E-state index is 12.1. The van der Waals surface area contributed by atoms with Crippen LogP contribution < -0.4 is 10.1 Å². The molecule has 0 saturated heterocycles. The Morgan fingerprint density at radius 2 is 2.25 bits per heavy atom. The number of para-hydroxylation sites is 1. The fourth-order valence-electron chi connectivity index (χ4n) is 1.54. The molecule has 0 bridgehead atoms. The molecule has 0 atom stereocenters. The summed E-state index contributed by atoms with van der Waals surface area (Å²) in [5, 5.41) is 3.93. The molecular weight excluding hydrogens is 229 g/mol. The molecule has 16 heavy (non-hydrogen) atoms. The minimum Gasteiger partial charge on any atom is -0.489 e. The van der Waals surface area contributed by atoms with E-state index in [4.69, 9.17) is 16.3 Å². The van der Waals surface area contributed by atoms with Gasteiger partial charge in [0, 0.05) is 18.2 Å². The molecule has 0 spiro atoms. The Hall–Kier alpha value is -0.800. The Morgan fingerprint density at radius 1 is 1.44 bits per heavy atom. The molecule has 1 aromatic carbocycles. The Bertz CT molecular complexity index is 355. The molecule has 0 amide bonds. The molecule has 2 nitrogen and oxygen atoms in total. The zero-order chi connectivity index (χ0) is 11.4. The van der Waals surface area contributed by atoms with Gasteiger partial charge in [-0.15, -0.1) is 0 Å². The fraction of sp³-hybridized carbons (Fsp3) is 0.500. The summed E-state index contributed by atoms with van der Waals surface area (Å²) in [7, 11) is 0. The van der Waals surface area contributed by atoms with Crippen molar-refractivity contribution in [2.45, 2.75) is 25.4 Å². The fourth-order valence-corrected chi connectivity index (χ4v) is 1.79. The lowest BCUT2D eigenvalue weighted by Crippen LogP contribution is -2.16. The van der Waals surface area contributed by atoms with E-state index in [0.717, 1.165) is 12.1 Å². The van der Waals surface area contributed by atoms with Crippen LogP contribution in [0.5, 0.6) is 5.75 Å². The average Bonchev–Trinajstić information content (AvgIpc) is 3.09. The van der Waals surface area contributed by atoms with Crippen LogP contribution in [0.25, 0.3) is 0 Å². The first-order chi connectivity index (χ1) is 7.81. The summed E-state index contributed by atoms with van der Waals surface area (Å²) in [6, 6.07) is 6.23. The van der Waals surface area contributed by atoms with Crippen molar-refractivity contribution < 1.29 is 9.13 Å². The number of nitrogens with one attached hydrogen (secondary N) is 1. The van der Waals surface area contributed by atoms with Crippen molar-refractivity contribution in [3.63, 3.8) is 0 Å². The molecule has 1 aliphatic carbocycles. The number of ether oxygens (including phenoxy) is 1. The average molecular weight is 244 g/mol. The molecule has 1 saturated carbocycles. The van der Waals surface area contributed by atoms with Gasteiger partial charge in [0.2, 0.25) is 0 Å². The highest BCUT2D eigenvalue weighted by Crippen LogP contribution is 2.29. The monoisotopic (exact) mass is 243 g/mol. The van der Waals surface area contributed by atoms with Crippen molar-refractivity contribution in [1.82, 2.24) is 5.32 Å². The molecule has 4 heteroatoms. The Kier molecular flexibility index (Phi) is 4.02. The van der Waals surface area contributed by atoms with E-state index in [9.17, 15) is 4.39 Å². The number of benzene rings is 1. The largest absolute Gasteiger partial charge is 0.489 e. The topological polar surface area (TPSA) is 21.3 Å². The molecule has 0 aliphatic heterocycles. The number of hydrogen-bond donors (Lipinski definition) is 1. The van der Waals surface area contributed by atoms with Gasteiger partial charge < -0.3 is 10.1 Å². The van der Waals surface area contributed by atoms with Crippen molar-refractivity contribution in [3.05, 3.63) is 28.8 Å². The number of alkyl halides is 1. The normalized spacial score (nSPS) is 15.1. The molecule has 2 rings (SSSR count). The highest BCUT2D eigenvalue weighted by atomic mass is 35.5. The van der Waals surface area contributed by atoms with E-state index >= 15 is 0 Å². The van der Waals surface area contributed by atoms with Gasteiger partial charge >= 0.3 is 0 Å². The lowest BCUT2D eigenvalue weighted by molar-refractivity contribution is 0.270. The van der Waals surface area contributed by atoms with Gasteiger partial charge in [-0.2, -0.15) is 0 Å². The van der Waals surface area contributed by atoms with Gasteiger partial charge in [-0.1, -0.05) is 23.7 Å². The van der Waals surface area contributed by atoms with E-state index in [0.29, 0.717) is 16.8 Å². The summed E-state index contributed by atoms with van der Waals surface area (Å²) in [6.45, 7) is 0.285. The van der Waals surface area contributed by atoms with Crippen LogP contribution in [0, 0.1) is 0 Å². The van der Waals surface area contributed by atoms with Gasteiger partial charge in [-0.05, 0) is 18.9 Å². The zero-order valence-corrected chi connectivity index (χ0v) is 9.77. The van der Waals surface area contributed by atoms with Crippen LogP contribution in [0.1, 0.15) is 18.4 Å². The van der Waals surface area contributed by atoms with E-state index in [1.807, 2.05) is 12.1 Å². The van der Waals surface area contributed by atoms with E-state index in [1.165, 1.54) is 12.8 Å². The maximum Gasteiger partial charge on any atom is 0.142 e. The Balaban J connectivity index is 2.04. The smallest absolute Gasteiger partial charge is 0.142 e. The molecule has 0 unspecified atom stereocenters. The predicted octanol–water partition coefficient (Wildman–Crippen LogP) is 2.94.